The second-order valence-corrected chi connectivity index (χ2v) is 5.95. The molecule has 4 nitrogen and oxygen atoms in total. The molecule has 0 spiro atoms. The van der Waals surface area contributed by atoms with E-state index in [2.05, 4.69) is 29.5 Å². The van der Waals surface area contributed by atoms with E-state index in [0.29, 0.717) is 12.3 Å². The highest BCUT2D eigenvalue weighted by molar-refractivity contribution is 7.11. The van der Waals surface area contributed by atoms with Crippen LogP contribution in [0.15, 0.2) is 0 Å². The quantitative estimate of drug-likeness (QED) is 0.845. The van der Waals surface area contributed by atoms with E-state index in [9.17, 15) is 4.79 Å². The molecule has 0 radical (unpaired) electrons. The molecule has 1 amide bonds. The van der Waals surface area contributed by atoms with Crippen LogP contribution < -0.4 is 10.6 Å². The zero-order valence-corrected chi connectivity index (χ0v) is 11.2. The van der Waals surface area contributed by atoms with Gasteiger partial charge in [-0.15, -0.1) is 11.3 Å². The Hall–Kier alpha value is -0.940. The lowest BCUT2D eigenvalue weighted by molar-refractivity contribution is -0.120. The smallest absolute Gasteiger partial charge is 0.226 e. The van der Waals surface area contributed by atoms with Crippen molar-refractivity contribution in [1.29, 1.82) is 0 Å². The molecule has 0 atom stereocenters. The third-order valence-electron chi connectivity index (χ3n) is 2.67. The molecule has 1 aromatic heterocycles. The first-order valence-corrected chi connectivity index (χ1v) is 6.91. The third-order valence-corrected chi connectivity index (χ3v) is 3.76. The van der Waals surface area contributed by atoms with E-state index in [1.165, 1.54) is 10.6 Å². The summed E-state index contributed by atoms with van der Waals surface area (Å²) in [7, 11) is 0. The molecule has 2 N–H and O–H groups in total. The Balaban J connectivity index is 1.90. The van der Waals surface area contributed by atoms with Gasteiger partial charge in [0, 0.05) is 30.9 Å². The predicted molar refractivity (Wildman–Crippen MR) is 69.1 cm³/mol. The molecule has 17 heavy (non-hydrogen) atoms. The first kappa shape index (κ1) is 12.5. The highest BCUT2D eigenvalue weighted by atomic mass is 32.1. The molecule has 0 saturated heterocycles. The van der Waals surface area contributed by atoms with Gasteiger partial charge in [0.25, 0.3) is 0 Å². The van der Waals surface area contributed by atoms with Gasteiger partial charge in [0.05, 0.1) is 12.1 Å². The third kappa shape index (κ3) is 3.51. The zero-order valence-electron chi connectivity index (χ0n) is 10.4. The van der Waals surface area contributed by atoms with Gasteiger partial charge in [-0.1, -0.05) is 13.8 Å². The highest BCUT2D eigenvalue weighted by Gasteiger charge is 2.16. The number of amides is 1. The predicted octanol–water partition coefficient (Wildman–Crippen LogP) is 1.10. The minimum absolute atomic E-state index is 0.0813. The topological polar surface area (TPSA) is 54.0 Å². The van der Waals surface area contributed by atoms with Gasteiger partial charge in [-0.05, 0) is 5.92 Å². The van der Waals surface area contributed by atoms with Gasteiger partial charge in [0.2, 0.25) is 5.91 Å². The molecule has 0 aromatic carbocycles. The molecule has 0 unspecified atom stereocenters. The molecule has 0 bridgehead atoms. The molecule has 0 saturated carbocycles. The van der Waals surface area contributed by atoms with Crippen molar-refractivity contribution in [3.8, 4) is 0 Å². The number of hydrogen-bond donors (Lipinski definition) is 2. The van der Waals surface area contributed by atoms with Crippen LogP contribution in [0.3, 0.4) is 0 Å². The molecular formula is C12H19N3OS. The van der Waals surface area contributed by atoms with Gasteiger partial charge in [0.15, 0.2) is 0 Å². The highest BCUT2D eigenvalue weighted by Crippen LogP contribution is 2.21. The maximum absolute atomic E-state index is 11.7. The molecule has 5 heteroatoms. The van der Waals surface area contributed by atoms with E-state index < -0.39 is 0 Å². The van der Waals surface area contributed by atoms with Gasteiger partial charge in [0.1, 0.15) is 5.01 Å². The van der Waals surface area contributed by atoms with E-state index >= 15 is 0 Å². The molecule has 2 heterocycles. The second-order valence-electron chi connectivity index (χ2n) is 4.78. The SMILES string of the molecule is CC(C)CNC(=O)Cc1nc2c(s1)CNCC2. The Labute approximate surface area is 106 Å². The molecule has 1 aromatic rings. The summed E-state index contributed by atoms with van der Waals surface area (Å²) in [5.41, 5.74) is 1.18. The van der Waals surface area contributed by atoms with Crippen LogP contribution in [-0.4, -0.2) is 24.0 Å². The van der Waals surface area contributed by atoms with Crippen LogP contribution in [0.1, 0.15) is 29.4 Å². The van der Waals surface area contributed by atoms with Gasteiger partial charge in [-0.3, -0.25) is 4.79 Å². The summed E-state index contributed by atoms with van der Waals surface area (Å²) >= 11 is 1.66. The van der Waals surface area contributed by atoms with E-state index in [0.717, 1.165) is 31.1 Å². The number of carbonyl (C=O) groups is 1. The summed E-state index contributed by atoms with van der Waals surface area (Å²) in [5.74, 6) is 0.574. The molecule has 2 rings (SSSR count). The van der Waals surface area contributed by atoms with Crippen LogP contribution in [0.25, 0.3) is 0 Å². The molecule has 0 aliphatic carbocycles. The van der Waals surface area contributed by atoms with Gasteiger partial charge < -0.3 is 10.6 Å². The summed E-state index contributed by atoms with van der Waals surface area (Å²) in [5, 5.41) is 7.19. The van der Waals surface area contributed by atoms with Crippen molar-refractivity contribution in [3.05, 3.63) is 15.6 Å². The maximum atomic E-state index is 11.7. The first-order chi connectivity index (χ1) is 8.15. The van der Waals surface area contributed by atoms with Crippen molar-refractivity contribution in [2.75, 3.05) is 13.1 Å². The van der Waals surface area contributed by atoms with Crippen molar-refractivity contribution in [2.24, 2.45) is 5.92 Å². The fourth-order valence-electron chi connectivity index (χ4n) is 1.77. The van der Waals surface area contributed by atoms with Crippen molar-refractivity contribution in [3.63, 3.8) is 0 Å². The minimum Gasteiger partial charge on any atom is -0.355 e. The second kappa shape index (κ2) is 5.60. The molecule has 1 aliphatic rings. The lowest BCUT2D eigenvalue weighted by Gasteiger charge is -2.09. The Morgan fingerprint density at radius 2 is 2.41 bits per heavy atom. The van der Waals surface area contributed by atoms with Crippen LogP contribution >= 0.6 is 11.3 Å². The Kier molecular flexibility index (Phi) is 4.12. The molecule has 94 valence electrons. The summed E-state index contributed by atoms with van der Waals surface area (Å²) in [6.07, 6.45) is 1.41. The lowest BCUT2D eigenvalue weighted by atomic mass is 10.2. The summed E-state index contributed by atoms with van der Waals surface area (Å²) in [4.78, 5) is 17.5. The van der Waals surface area contributed by atoms with Crippen molar-refractivity contribution in [2.45, 2.75) is 33.2 Å². The molecular weight excluding hydrogens is 234 g/mol. The Morgan fingerprint density at radius 3 is 3.12 bits per heavy atom. The number of fused-ring (bicyclic) bond motifs is 1. The van der Waals surface area contributed by atoms with E-state index in [1.54, 1.807) is 11.3 Å². The van der Waals surface area contributed by atoms with Crippen molar-refractivity contribution < 1.29 is 4.79 Å². The van der Waals surface area contributed by atoms with Crippen LogP contribution in [0.4, 0.5) is 0 Å². The number of nitrogens with zero attached hydrogens (tertiary/aromatic N) is 1. The van der Waals surface area contributed by atoms with Crippen LogP contribution in [-0.2, 0) is 24.2 Å². The summed E-state index contributed by atoms with van der Waals surface area (Å²) in [6.45, 7) is 6.82. The van der Waals surface area contributed by atoms with E-state index in [1.807, 2.05) is 0 Å². The zero-order chi connectivity index (χ0) is 12.3. The number of hydrogen-bond acceptors (Lipinski definition) is 4. The number of carbonyl (C=O) groups excluding carboxylic acids is 1. The maximum Gasteiger partial charge on any atom is 0.226 e. The fourth-order valence-corrected chi connectivity index (χ4v) is 2.86. The van der Waals surface area contributed by atoms with Crippen LogP contribution in [0, 0.1) is 5.92 Å². The summed E-state index contributed by atoms with van der Waals surface area (Å²) < 4.78 is 0. The van der Waals surface area contributed by atoms with Crippen LogP contribution in [0.2, 0.25) is 0 Å². The van der Waals surface area contributed by atoms with E-state index in [4.69, 9.17) is 0 Å². The normalized spacial score (nSPS) is 14.8. The number of nitrogens with one attached hydrogen (secondary N) is 2. The van der Waals surface area contributed by atoms with E-state index in [-0.39, 0.29) is 5.91 Å². The average Bonchev–Trinajstić information content (AvgIpc) is 2.68. The first-order valence-electron chi connectivity index (χ1n) is 6.10. The fraction of sp³-hybridized carbons (Fsp3) is 0.667. The molecule has 1 aliphatic heterocycles. The largest absolute Gasteiger partial charge is 0.355 e. The Bertz CT molecular complexity index is 377. The van der Waals surface area contributed by atoms with Gasteiger partial charge in [-0.2, -0.15) is 0 Å². The standard InChI is InChI=1S/C12H19N3OS/c1-8(2)6-14-11(16)5-12-15-9-3-4-13-7-10(9)17-12/h8,13H,3-7H2,1-2H3,(H,14,16). The molecule has 0 fully saturated rings. The van der Waals surface area contributed by atoms with Gasteiger partial charge >= 0.3 is 0 Å². The van der Waals surface area contributed by atoms with Gasteiger partial charge in [-0.25, -0.2) is 4.98 Å². The Morgan fingerprint density at radius 1 is 1.59 bits per heavy atom. The number of aromatic nitrogens is 1. The van der Waals surface area contributed by atoms with Crippen molar-refractivity contribution in [1.82, 2.24) is 15.6 Å². The number of rotatable bonds is 4. The average molecular weight is 253 g/mol. The lowest BCUT2D eigenvalue weighted by Crippen LogP contribution is -2.28. The van der Waals surface area contributed by atoms with Crippen molar-refractivity contribution >= 4 is 17.2 Å². The minimum atomic E-state index is 0.0813. The number of thiazole rings is 1. The summed E-state index contributed by atoms with van der Waals surface area (Å²) in [6, 6.07) is 0. The monoisotopic (exact) mass is 253 g/mol. The van der Waals surface area contributed by atoms with Crippen LogP contribution in [0.5, 0.6) is 0 Å².